The molecule has 0 aromatic carbocycles. The molecular weight excluding hydrogens is 196 g/mol. The summed E-state index contributed by atoms with van der Waals surface area (Å²) in [5.74, 6) is 0.520. The Morgan fingerprint density at radius 2 is 2.30 bits per heavy atom. The van der Waals surface area contributed by atoms with E-state index in [0.29, 0.717) is 16.2 Å². The molecule has 0 bridgehead atoms. The lowest BCUT2D eigenvalue weighted by Gasteiger charge is -1.99. The van der Waals surface area contributed by atoms with Crippen molar-refractivity contribution < 1.29 is 4.74 Å². The largest absolute Gasteiger partial charge is 0.481 e. The van der Waals surface area contributed by atoms with Crippen LogP contribution in [0.2, 0.25) is 0 Å². The average molecular weight is 203 g/mol. The summed E-state index contributed by atoms with van der Waals surface area (Å²) in [5.41, 5.74) is 6.12. The van der Waals surface area contributed by atoms with Gasteiger partial charge in [-0.1, -0.05) is 0 Å². The second-order valence-electron chi connectivity index (χ2n) is 1.77. The minimum atomic E-state index is 0.520. The van der Waals surface area contributed by atoms with Crippen LogP contribution in [0.1, 0.15) is 0 Å². The number of anilines is 1. The molecule has 0 amide bonds. The van der Waals surface area contributed by atoms with Crippen LogP contribution in [0, 0.1) is 0 Å². The number of halogens is 1. The first-order valence-corrected chi connectivity index (χ1v) is 3.48. The highest BCUT2D eigenvalue weighted by Gasteiger charge is 1.95. The van der Waals surface area contributed by atoms with Gasteiger partial charge in [0.25, 0.3) is 0 Å². The predicted octanol–water partition coefficient (Wildman–Crippen LogP) is 1.43. The summed E-state index contributed by atoms with van der Waals surface area (Å²) in [6, 6.07) is 3.37. The molecular formula is C6H7BrN2O. The highest BCUT2D eigenvalue weighted by atomic mass is 79.9. The number of ether oxygens (including phenoxy) is 1. The van der Waals surface area contributed by atoms with Gasteiger partial charge in [-0.05, 0) is 22.0 Å². The number of hydrogen-bond donors (Lipinski definition) is 1. The van der Waals surface area contributed by atoms with Crippen LogP contribution in [0.4, 0.5) is 5.69 Å². The molecule has 54 valence electrons. The van der Waals surface area contributed by atoms with Crippen molar-refractivity contribution in [1.82, 2.24) is 4.98 Å². The number of hydrogen-bond acceptors (Lipinski definition) is 3. The van der Waals surface area contributed by atoms with E-state index in [4.69, 9.17) is 10.5 Å². The fraction of sp³-hybridized carbons (Fsp3) is 0.167. The third kappa shape index (κ3) is 1.60. The van der Waals surface area contributed by atoms with Gasteiger partial charge in [0.1, 0.15) is 4.60 Å². The molecule has 0 aliphatic rings. The van der Waals surface area contributed by atoms with E-state index < -0.39 is 0 Å². The van der Waals surface area contributed by atoms with E-state index in [1.54, 1.807) is 19.2 Å². The molecule has 1 heterocycles. The molecule has 0 radical (unpaired) electrons. The molecule has 0 aliphatic heterocycles. The van der Waals surface area contributed by atoms with Gasteiger partial charge < -0.3 is 10.5 Å². The van der Waals surface area contributed by atoms with Crippen LogP contribution < -0.4 is 10.5 Å². The van der Waals surface area contributed by atoms with Crippen LogP contribution in [-0.2, 0) is 0 Å². The van der Waals surface area contributed by atoms with E-state index in [1.165, 1.54) is 0 Å². The van der Waals surface area contributed by atoms with Gasteiger partial charge in [0, 0.05) is 11.8 Å². The molecule has 2 N–H and O–H groups in total. The Hall–Kier alpha value is -0.770. The van der Waals surface area contributed by atoms with Crippen LogP contribution in [0.5, 0.6) is 5.88 Å². The van der Waals surface area contributed by atoms with E-state index >= 15 is 0 Å². The van der Waals surface area contributed by atoms with Crippen molar-refractivity contribution in [3.63, 3.8) is 0 Å². The molecule has 0 saturated carbocycles. The van der Waals surface area contributed by atoms with Gasteiger partial charge >= 0.3 is 0 Å². The van der Waals surface area contributed by atoms with Gasteiger partial charge in [-0.2, -0.15) is 0 Å². The average Bonchev–Trinajstić information content (AvgIpc) is 1.85. The number of nitrogen functional groups attached to an aromatic ring is 1. The van der Waals surface area contributed by atoms with Crippen molar-refractivity contribution in [3.05, 3.63) is 16.7 Å². The van der Waals surface area contributed by atoms with Gasteiger partial charge in [-0.15, -0.1) is 0 Å². The Kier molecular flexibility index (Phi) is 2.11. The molecule has 0 atom stereocenters. The molecule has 1 aromatic rings. The summed E-state index contributed by atoms with van der Waals surface area (Å²) in [6.45, 7) is 0. The zero-order valence-electron chi connectivity index (χ0n) is 5.47. The van der Waals surface area contributed by atoms with Gasteiger partial charge in [0.05, 0.1) is 7.11 Å². The normalized spacial score (nSPS) is 9.40. The lowest BCUT2D eigenvalue weighted by atomic mass is 10.4. The van der Waals surface area contributed by atoms with Crippen LogP contribution in [0.25, 0.3) is 0 Å². The van der Waals surface area contributed by atoms with Crippen molar-refractivity contribution in [3.8, 4) is 5.88 Å². The van der Waals surface area contributed by atoms with Gasteiger partial charge in [0.2, 0.25) is 5.88 Å². The van der Waals surface area contributed by atoms with E-state index in [1.807, 2.05) is 0 Å². The summed E-state index contributed by atoms with van der Waals surface area (Å²) in [7, 11) is 1.55. The van der Waals surface area contributed by atoms with E-state index in [-0.39, 0.29) is 0 Å². The van der Waals surface area contributed by atoms with Crippen LogP contribution in [0.15, 0.2) is 16.7 Å². The third-order valence-corrected chi connectivity index (χ3v) is 1.41. The predicted molar refractivity (Wildman–Crippen MR) is 42.9 cm³/mol. The maximum Gasteiger partial charge on any atom is 0.216 e. The summed E-state index contributed by atoms with van der Waals surface area (Å²) >= 11 is 3.18. The van der Waals surface area contributed by atoms with Crippen LogP contribution >= 0.6 is 15.9 Å². The Labute approximate surface area is 67.3 Å². The highest BCUT2D eigenvalue weighted by Crippen LogP contribution is 2.17. The topological polar surface area (TPSA) is 48.1 Å². The van der Waals surface area contributed by atoms with E-state index in [2.05, 4.69) is 20.9 Å². The number of nitrogens with zero attached hydrogens (tertiary/aromatic N) is 1. The van der Waals surface area contributed by atoms with E-state index in [0.717, 1.165) is 0 Å². The zero-order valence-corrected chi connectivity index (χ0v) is 7.05. The summed E-state index contributed by atoms with van der Waals surface area (Å²) in [6.07, 6.45) is 0. The first-order chi connectivity index (χ1) is 4.72. The SMILES string of the molecule is COc1cc(N)cc(Br)n1. The summed E-state index contributed by atoms with van der Waals surface area (Å²) in [4.78, 5) is 3.97. The second-order valence-corrected chi connectivity index (χ2v) is 2.58. The first kappa shape index (κ1) is 7.34. The monoisotopic (exact) mass is 202 g/mol. The summed E-state index contributed by atoms with van der Waals surface area (Å²) in [5, 5.41) is 0. The van der Waals surface area contributed by atoms with Crippen LogP contribution in [0.3, 0.4) is 0 Å². The lowest BCUT2D eigenvalue weighted by molar-refractivity contribution is 0.397. The minimum absolute atomic E-state index is 0.520. The lowest BCUT2D eigenvalue weighted by Crippen LogP contribution is -1.91. The van der Waals surface area contributed by atoms with Crippen molar-refractivity contribution in [2.24, 2.45) is 0 Å². The van der Waals surface area contributed by atoms with Gasteiger partial charge in [-0.25, -0.2) is 4.98 Å². The quantitative estimate of drug-likeness (QED) is 0.702. The van der Waals surface area contributed by atoms with Crippen molar-refractivity contribution in [1.29, 1.82) is 0 Å². The maximum atomic E-state index is 5.48. The molecule has 0 saturated heterocycles. The molecule has 10 heavy (non-hydrogen) atoms. The zero-order chi connectivity index (χ0) is 7.56. The van der Waals surface area contributed by atoms with E-state index in [9.17, 15) is 0 Å². The molecule has 0 unspecified atom stereocenters. The van der Waals surface area contributed by atoms with Gasteiger partial charge in [0.15, 0.2) is 0 Å². The molecule has 1 aromatic heterocycles. The maximum absolute atomic E-state index is 5.48. The first-order valence-electron chi connectivity index (χ1n) is 2.69. The molecule has 0 aliphatic carbocycles. The van der Waals surface area contributed by atoms with Crippen molar-refractivity contribution in [2.75, 3.05) is 12.8 Å². The Morgan fingerprint density at radius 3 is 2.80 bits per heavy atom. The Bertz CT molecular complexity index is 219. The number of methoxy groups -OCH3 is 1. The number of nitrogens with two attached hydrogens (primary N) is 1. The van der Waals surface area contributed by atoms with Crippen LogP contribution in [-0.4, -0.2) is 12.1 Å². The molecule has 4 heteroatoms. The molecule has 0 fully saturated rings. The fourth-order valence-electron chi connectivity index (χ4n) is 0.596. The smallest absolute Gasteiger partial charge is 0.216 e. The fourth-order valence-corrected chi connectivity index (χ4v) is 1.04. The minimum Gasteiger partial charge on any atom is -0.481 e. The van der Waals surface area contributed by atoms with Crippen molar-refractivity contribution in [2.45, 2.75) is 0 Å². The Balaban J connectivity index is 3.06. The Morgan fingerprint density at radius 1 is 1.60 bits per heavy atom. The number of pyridine rings is 1. The molecule has 1 rings (SSSR count). The highest BCUT2D eigenvalue weighted by molar-refractivity contribution is 9.10. The third-order valence-electron chi connectivity index (χ3n) is 1.00. The van der Waals surface area contributed by atoms with Gasteiger partial charge in [-0.3, -0.25) is 0 Å². The molecule has 0 spiro atoms. The number of aromatic nitrogens is 1. The summed E-state index contributed by atoms with van der Waals surface area (Å²) < 4.78 is 5.54. The second kappa shape index (κ2) is 2.88. The number of rotatable bonds is 1. The van der Waals surface area contributed by atoms with Crippen molar-refractivity contribution >= 4 is 21.6 Å². The standard InChI is InChI=1S/C6H7BrN2O/c1-10-6-3-4(8)2-5(7)9-6/h2-3H,1H3,(H2,8,9). The molecule has 3 nitrogen and oxygen atoms in total.